The van der Waals surface area contributed by atoms with Crippen molar-refractivity contribution in [2.24, 2.45) is 4.99 Å². The lowest BCUT2D eigenvalue weighted by atomic mass is 10.3. The zero-order valence-corrected chi connectivity index (χ0v) is 14.3. The van der Waals surface area contributed by atoms with Crippen LogP contribution in [0.5, 0.6) is 5.75 Å². The van der Waals surface area contributed by atoms with Crippen LogP contribution in [0.4, 0.5) is 0 Å². The van der Waals surface area contributed by atoms with Crippen molar-refractivity contribution in [3.8, 4) is 11.9 Å². The number of benzene rings is 1. The highest BCUT2D eigenvalue weighted by molar-refractivity contribution is 8.13. The summed E-state index contributed by atoms with van der Waals surface area (Å²) in [5, 5.41) is 9.99. The van der Waals surface area contributed by atoms with E-state index in [0.29, 0.717) is 42.1 Å². The van der Waals surface area contributed by atoms with E-state index in [1.54, 1.807) is 29.2 Å². The fourth-order valence-corrected chi connectivity index (χ4v) is 2.90. The largest absolute Gasteiger partial charge is 0.484 e. The van der Waals surface area contributed by atoms with Crippen LogP contribution in [-0.2, 0) is 4.79 Å². The average Bonchev–Trinajstić information content (AvgIpc) is 2.59. The van der Waals surface area contributed by atoms with Gasteiger partial charge in [0.25, 0.3) is 5.91 Å². The van der Waals surface area contributed by atoms with Crippen LogP contribution < -0.4 is 4.74 Å². The molecule has 1 saturated heterocycles. The summed E-state index contributed by atoms with van der Waals surface area (Å²) in [7, 11) is 0. The highest BCUT2D eigenvalue weighted by Crippen LogP contribution is 2.16. The molecule has 23 heavy (non-hydrogen) atoms. The average molecular weight is 353 g/mol. The van der Waals surface area contributed by atoms with Crippen molar-refractivity contribution in [3.63, 3.8) is 0 Å². The number of amides is 1. The number of nitrogens with zero attached hydrogens (tertiary/aromatic N) is 4. The lowest BCUT2D eigenvalue weighted by Gasteiger charge is -2.35. The minimum absolute atomic E-state index is 0.00328. The highest BCUT2D eigenvalue weighted by Gasteiger charge is 2.23. The first-order chi connectivity index (χ1) is 11.1. The van der Waals surface area contributed by atoms with Crippen LogP contribution in [0.2, 0.25) is 5.02 Å². The number of ether oxygens (including phenoxy) is 1. The maximum absolute atomic E-state index is 12.2. The molecule has 1 aliphatic heterocycles. The van der Waals surface area contributed by atoms with Crippen molar-refractivity contribution >= 4 is 34.4 Å². The van der Waals surface area contributed by atoms with Crippen LogP contribution in [0.1, 0.15) is 0 Å². The minimum Gasteiger partial charge on any atom is -0.484 e. The van der Waals surface area contributed by atoms with Gasteiger partial charge in [-0.3, -0.25) is 4.79 Å². The summed E-state index contributed by atoms with van der Waals surface area (Å²) < 4.78 is 5.48. The lowest BCUT2D eigenvalue weighted by molar-refractivity contribution is -0.134. The zero-order valence-electron chi connectivity index (χ0n) is 12.7. The molecule has 1 heterocycles. The van der Waals surface area contributed by atoms with E-state index in [0.717, 1.165) is 0 Å². The first kappa shape index (κ1) is 17.4. The Morgan fingerprint density at radius 3 is 2.48 bits per heavy atom. The molecule has 1 fully saturated rings. The minimum atomic E-state index is -0.0532. The standard InChI is InChI=1S/C15H17ClN4O2S/c1-23-15(18-11-17)20-8-6-19(7-9-20)14(21)10-22-13-4-2-12(16)3-5-13/h2-5H,6-10H2,1H3/b18-15-. The Kier molecular flexibility index (Phi) is 6.56. The van der Waals surface area contributed by atoms with Gasteiger partial charge in [0.05, 0.1) is 0 Å². The number of hydrogen-bond acceptors (Lipinski definition) is 5. The van der Waals surface area contributed by atoms with Gasteiger partial charge in [-0.05, 0) is 30.5 Å². The van der Waals surface area contributed by atoms with Crippen LogP contribution in [0.15, 0.2) is 29.3 Å². The first-order valence-electron chi connectivity index (χ1n) is 7.06. The SMILES string of the molecule is CS/C(=N\C#N)N1CCN(C(=O)COc2ccc(Cl)cc2)CC1. The zero-order chi connectivity index (χ0) is 16.7. The second kappa shape index (κ2) is 8.65. The monoisotopic (exact) mass is 352 g/mol. The second-order valence-electron chi connectivity index (χ2n) is 4.81. The molecule has 0 N–H and O–H groups in total. The fraction of sp³-hybridized carbons (Fsp3) is 0.400. The molecule has 0 unspecified atom stereocenters. The van der Waals surface area contributed by atoms with E-state index in [9.17, 15) is 4.79 Å². The van der Waals surface area contributed by atoms with Gasteiger partial charge < -0.3 is 14.5 Å². The number of rotatable bonds is 3. The van der Waals surface area contributed by atoms with Gasteiger partial charge in [-0.15, -0.1) is 4.99 Å². The molecule has 0 aliphatic carbocycles. The van der Waals surface area contributed by atoms with E-state index in [4.69, 9.17) is 21.6 Å². The Labute approximate surface area is 144 Å². The molecule has 1 aromatic rings. The number of carbonyl (C=O) groups is 1. The molecule has 0 aromatic heterocycles. The summed E-state index contributed by atoms with van der Waals surface area (Å²) in [6.07, 6.45) is 3.69. The molecule has 0 bridgehead atoms. The highest BCUT2D eigenvalue weighted by atomic mass is 35.5. The molecular formula is C15H17ClN4O2S. The Balaban J connectivity index is 1.80. The Morgan fingerprint density at radius 1 is 1.30 bits per heavy atom. The Hall–Kier alpha value is -1.91. The van der Waals surface area contributed by atoms with Gasteiger partial charge in [0.2, 0.25) is 6.19 Å². The van der Waals surface area contributed by atoms with Gasteiger partial charge in [0.15, 0.2) is 11.8 Å². The topological polar surface area (TPSA) is 68.9 Å². The number of halogens is 1. The predicted molar refractivity (Wildman–Crippen MR) is 91.7 cm³/mol. The van der Waals surface area contributed by atoms with Crippen molar-refractivity contribution in [2.75, 3.05) is 39.0 Å². The third-order valence-corrected chi connectivity index (χ3v) is 4.37. The van der Waals surface area contributed by atoms with Crippen molar-refractivity contribution in [1.29, 1.82) is 5.26 Å². The predicted octanol–water partition coefficient (Wildman–Crippen LogP) is 2.06. The molecule has 1 aliphatic rings. The van der Waals surface area contributed by atoms with Gasteiger partial charge in [-0.25, -0.2) is 0 Å². The summed E-state index contributed by atoms with van der Waals surface area (Å²) in [5.41, 5.74) is 0. The third-order valence-electron chi connectivity index (χ3n) is 3.41. The van der Waals surface area contributed by atoms with E-state index < -0.39 is 0 Å². The Morgan fingerprint density at radius 2 is 1.91 bits per heavy atom. The van der Waals surface area contributed by atoms with E-state index in [1.807, 2.05) is 17.3 Å². The van der Waals surface area contributed by atoms with E-state index in [1.165, 1.54) is 11.8 Å². The van der Waals surface area contributed by atoms with Crippen molar-refractivity contribution in [1.82, 2.24) is 9.80 Å². The van der Waals surface area contributed by atoms with E-state index in [-0.39, 0.29) is 12.5 Å². The number of thioether (sulfide) groups is 1. The van der Waals surface area contributed by atoms with E-state index >= 15 is 0 Å². The van der Waals surface area contributed by atoms with Gasteiger partial charge in [-0.2, -0.15) is 5.26 Å². The van der Waals surface area contributed by atoms with Gasteiger partial charge in [0.1, 0.15) is 5.75 Å². The van der Waals surface area contributed by atoms with Crippen LogP contribution in [0, 0.1) is 11.5 Å². The van der Waals surface area contributed by atoms with Crippen molar-refractivity contribution < 1.29 is 9.53 Å². The number of hydrogen-bond donors (Lipinski definition) is 0. The number of amidine groups is 1. The fourth-order valence-electron chi connectivity index (χ4n) is 2.20. The van der Waals surface area contributed by atoms with Crippen LogP contribution >= 0.6 is 23.4 Å². The molecular weight excluding hydrogens is 336 g/mol. The molecule has 6 nitrogen and oxygen atoms in total. The lowest BCUT2D eigenvalue weighted by Crippen LogP contribution is -2.51. The van der Waals surface area contributed by atoms with Crippen molar-refractivity contribution in [3.05, 3.63) is 29.3 Å². The molecule has 0 radical (unpaired) electrons. The molecule has 122 valence electrons. The van der Waals surface area contributed by atoms with Crippen LogP contribution in [-0.4, -0.2) is 59.9 Å². The molecule has 0 atom stereocenters. The number of aliphatic imine (C=N–C) groups is 1. The molecule has 0 saturated carbocycles. The van der Waals surface area contributed by atoms with Crippen LogP contribution in [0.3, 0.4) is 0 Å². The third kappa shape index (κ3) is 5.05. The summed E-state index contributed by atoms with van der Waals surface area (Å²) in [6, 6.07) is 6.91. The molecule has 2 rings (SSSR count). The molecule has 0 spiro atoms. The van der Waals surface area contributed by atoms with Crippen LogP contribution in [0.25, 0.3) is 0 Å². The van der Waals surface area contributed by atoms with Gasteiger partial charge in [-0.1, -0.05) is 23.4 Å². The maximum atomic E-state index is 12.2. The van der Waals surface area contributed by atoms with E-state index in [2.05, 4.69) is 4.99 Å². The smallest absolute Gasteiger partial charge is 0.260 e. The normalized spacial score (nSPS) is 15.3. The molecule has 1 aromatic carbocycles. The first-order valence-corrected chi connectivity index (χ1v) is 8.66. The summed E-state index contributed by atoms with van der Waals surface area (Å²) >= 11 is 7.24. The van der Waals surface area contributed by atoms with Gasteiger partial charge >= 0.3 is 0 Å². The summed E-state index contributed by atoms with van der Waals surface area (Å²) in [6.45, 7) is 2.51. The summed E-state index contributed by atoms with van der Waals surface area (Å²) in [5.74, 6) is 0.565. The molecule has 8 heteroatoms. The molecule has 1 amide bonds. The maximum Gasteiger partial charge on any atom is 0.260 e. The quantitative estimate of drug-likeness (QED) is 0.473. The number of carbonyl (C=O) groups excluding carboxylic acids is 1. The van der Waals surface area contributed by atoms with Gasteiger partial charge in [0, 0.05) is 31.2 Å². The number of piperazine rings is 1. The Bertz CT molecular complexity index is 607. The number of nitriles is 1. The second-order valence-corrected chi connectivity index (χ2v) is 6.02. The van der Waals surface area contributed by atoms with Crippen molar-refractivity contribution in [2.45, 2.75) is 0 Å². The summed E-state index contributed by atoms with van der Waals surface area (Å²) in [4.78, 5) is 19.7.